The summed E-state index contributed by atoms with van der Waals surface area (Å²) in [5, 5.41) is 2.67. The van der Waals surface area contributed by atoms with Crippen LogP contribution in [-0.2, 0) is 16.0 Å². The molecule has 0 saturated carbocycles. The summed E-state index contributed by atoms with van der Waals surface area (Å²) in [5.74, 6) is -0.00537. The van der Waals surface area contributed by atoms with Crippen molar-refractivity contribution in [2.75, 3.05) is 13.3 Å². The number of hydrogen-bond acceptors (Lipinski definition) is 5. The van der Waals surface area contributed by atoms with Crippen LogP contribution in [0.1, 0.15) is 22.3 Å². The Balaban J connectivity index is 1.36. The van der Waals surface area contributed by atoms with Crippen molar-refractivity contribution in [3.05, 3.63) is 59.7 Å². The molecule has 2 aromatic carbocycles. The lowest BCUT2D eigenvalue weighted by atomic mass is 10.1. The van der Waals surface area contributed by atoms with E-state index in [-0.39, 0.29) is 32.1 Å². The van der Waals surface area contributed by atoms with Gasteiger partial charge in [-0.05, 0) is 23.8 Å². The van der Waals surface area contributed by atoms with Gasteiger partial charge in [0.15, 0.2) is 11.5 Å². The third-order valence-electron chi connectivity index (χ3n) is 3.83. The lowest BCUT2D eigenvalue weighted by Gasteiger charge is -2.09. The zero-order valence-electron chi connectivity index (χ0n) is 14.5. The van der Waals surface area contributed by atoms with Gasteiger partial charge in [0.25, 0.3) is 5.91 Å². The molecule has 3 amide bonds. The van der Waals surface area contributed by atoms with Crippen molar-refractivity contribution in [3.8, 4) is 11.5 Å². The minimum atomic E-state index is -0.477. The topological polar surface area (TPSA) is 106 Å². The van der Waals surface area contributed by atoms with Crippen molar-refractivity contribution < 1.29 is 23.9 Å². The third kappa shape index (κ3) is 5.21. The number of rotatable bonds is 6. The molecule has 0 saturated heterocycles. The summed E-state index contributed by atoms with van der Waals surface area (Å²) in [4.78, 5) is 35.6. The average molecular weight is 369 g/mol. The minimum absolute atomic E-state index is 0.0436. The Morgan fingerprint density at radius 3 is 2.48 bits per heavy atom. The molecule has 0 bridgehead atoms. The lowest BCUT2D eigenvalue weighted by molar-refractivity contribution is -0.122. The van der Waals surface area contributed by atoms with Gasteiger partial charge in [-0.25, -0.2) is 0 Å². The summed E-state index contributed by atoms with van der Waals surface area (Å²) >= 11 is 0. The van der Waals surface area contributed by atoms with Crippen LogP contribution >= 0.6 is 0 Å². The second kappa shape index (κ2) is 8.70. The molecule has 27 heavy (non-hydrogen) atoms. The van der Waals surface area contributed by atoms with Crippen LogP contribution in [0, 0.1) is 0 Å². The van der Waals surface area contributed by atoms with Crippen LogP contribution in [0.2, 0.25) is 0 Å². The van der Waals surface area contributed by atoms with E-state index >= 15 is 0 Å². The van der Waals surface area contributed by atoms with Crippen molar-refractivity contribution in [1.29, 1.82) is 0 Å². The SMILES string of the molecule is O=C(Cc1ccccc1)NCCC(=O)NNC(=O)c1ccc2c(c1)OCO2. The van der Waals surface area contributed by atoms with E-state index in [0.29, 0.717) is 17.1 Å². The molecular weight excluding hydrogens is 350 g/mol. The first-order valence-corrected chi connectivity index (χ1v) is 8.41. The average Bonchev–Trinajstić information content (AvgIpc) is 3.14. The maximum atomic E-state index is 12.0. The zero-order valence-corrected chi connectivity index (χ0v) is 14.5. The van der Waals surface area contributed by atoms with Crippen molar-refractivity contribution in [2.45, 2.75) is 12.8 Å². The van der Waals surface area contributed by atoms with Gasteiger partial charge in [-0.15, -0.1) is 0 Å². The molecule has 1 aliphatic heterocycles. The van der Waals surface area contributed by atoms with E-state index in [1.807, 2.05) is 30.3 Å². The maximum Gasteiger partial charge on any atom is 0.269 e. The van der Waals surface area contributed by atoms with Gasteiger partial charge in [-0.2, -0.15) is 0 Å². The van der Waals surface area contributed by atoms with Crippen LogP contribution in [0.4, 0.5) is 0 Å². The number of carbonyl (C=O) groups excluding carboxylic acids is 3. The Kier molecular flexibility index (Phi) is 5.88. The Bertz CT molecular complexity index is 838. The molecule has 3 rings (SSSR count). The van der Waals surface area contributed by atoms with Crippen molar-refractivity contribution in [2.24, 2.45) is 0 Å². The van der Waals surface area contributed by atoms with E-state index in [0.717, 1.165) is 5.56 Å². The number of fused-ring (bicyclic) bond motifs is 1. The van der Waals surface area contributed by atoms with Gasteiger partial charge >= 0.3 is 0 Å². The predicted molar refractivity (Wildman–Crippen MR) is 95.9 cm³/mol. The summed E-state index contributed by atoms with van der Waals surface area (Å²) in [7, 11) is 0. The lowest BCUT2D eigenvalue weighted by Crippen LogP contribution is -2.42. The molecule has 2 aromatic rings. The van der Waals surface area contributed by atoms with Gasteiger partial charge in [0.1, 0.15) is 0 Å². The minimum Gasteiger partial charge on any atom is -0.454 e. The maximum absolute atomic E-state index is 12.0. The van der Waals surface area contributed by atoms with Crippen molar-refractivity contribution in [1.82, 2.24) is 16.2 Å². The van der Waals surface area contributed by atoms with E-state index in [9.17, 15) is 14.4 Å². The predicted octanol–water partition coefficient (Wildman–Crippen LogP) is 0.925. The first-order valence-electron chi connectivity index (χ1n) is 8.41. The van der Waals surface area contributed by atoms with Crippen LogP contribution in [0.5, 0.6) is 11.5 Å². The van der Waals surface area contributed by atoms with Gasteiger partial charge in [0.05, 0.1) is 6.42 Å². The first-order chi connectivity index (χ1) is 13.1. The molecule has 1 heterocycles. The van der Waals surface area contributed by atoms with Crippen LogP contribution in [0.3, 0.4) is 0 Å². The zero-order chi connectivity index (χ0) is 19.1. The molecule has 0 fully saturated rings. The quantitative estimate of drug-likeness (QED) is 0.657. The Hall–Kier alpha value is -3.55. The molecule has 1 aliphatic rings. The number of nitrogens with one attached hydrogen (secondary N) is 3. The highest BCUT2D eigenvalue weighted by Crippen LogP contribution is 2.32. The Morgan fingerprint density at radius 1 is 0.889 bits per heavy atom. The summed E-state index contributed by atoms with van der Waals surface area (Å²) in [6, 6.07) is 14.0. The number of carbonyl (C=O) groups is 3. The number of ether oxygens (including phenoxy) is 2. The fraction of sp³-hybridized carbons (Fsp3) is 0.211. The Labute approximate surface area is 155 Å². The van der Waals surface area contributed by atoms with E-state index in [4.69, 9.17) is 9.47 Å². The van der Waals surface area contributed by atoms with Gasteiger partial charge in [-0.3, -0.25) is 25.2 Å². The van der Waals surface area contributed by atoms with Crippen LogP contribution in [-0.4, -0.2) is 31.1 Å². The monoisotopic (exact) mass is 369 g/mol. The summed E-state index contributed by atoms with van der Waals surface area (Å²) < 4.78 is 10.4. The largest absolute Gasteiger partial charge is 0.454 e. The normalized spacial score (nSPS) is 11.6. The van der Waals surface area contributed by atoms with Gasteiger partial charge in [-0.1, -0.05) is 30.3 Å². The van der Waals surface area contributed by atoms with Crippen molar-refractivity contribution in [3.63, 3.8) is 0 Å². The molecule has 0 unspecified atom stereocenters. The highest BCUT2D eigenvalue weighted by atomic mass is 16.7. The highest BCUT2D eigenvalue weighted by molar-refractivity contribution is 5.96. The second-order valence-corrected chi connectivity index (χ2v) is 5.83. The standard InChI is InChI=1S/C19H19N3O5/c23-17(8-9-20-18(24)10-13-4-2-1-3-5-13)21-22-19(25)14-6-7-15-16(11-14)27-12-26-15/h1-7,11H,8-10,12H2,(H,20,24)(H,21,23)(H,22,25). The van der Waals surface area contributed by atoms with Gasteiger partial charge in [0, 0.05) is 18.5 Å². The second-order valence-electron chi connectivity index (χ2n) is 5.83. The fourth-order valence-electron chi connectivity index (χ4n) is 2.46. The van der Waals surface area contributed by atoms with Crippen molar-refractivity contribution >= 4 is 17.7 Å². The summed E-state index contributed by atoms with van der Waals surface area (Å²) in [5.41, 5.74) is 5.86. The number of benzene rings is 2. The smallest absolute Gasteiger partial charge is 0.269 e. The molecule has 0 aromatic heterocycles. The molecule has 140 valence electrons. The Morgan fingerprint density at radius 2 is 1.67 bits per heavy atom. The molecule has 0 radical (unpaired) electrons. The van der Waals surface area contributed by atoms with E-state index in [1.54, 1.807) is 12.1 Å². The van der Waals surface area contributed by atoms with E-state index < -0.39 is 11.8 Å². The molecule has 8 heteroatoms. The van der Waals surface area contributed by atoms with Gasteiger partial charge < -0.3 is 14.8 Å². The summed E-state index contributed by atoms with van der Waals surface area (Å²) in [6.45, 7) is 0.296. The van der Waals surface area contributed by atoms with E-state index in [2.05, 4.69) is 16.2 Å². The molecule has 8 nitrogen and oxygen atoms in total. The molecule has 3 N–H and O–H groups in total. The molecule has 0 spiro atoms. The molecular formula is C19H19N3O5. The summed E-state index contributed by atoms with van der Waals surface area (Å²) in [6.07, 6.45) is 0.297. The number of hydrazine groups is 1. The highest BCUT2D eigenvalue weighted by Gasteiger charge is 2.16. The van der Waals surface area contributed by atoms with Crippen LogP contribution in [0.15, 0.2) is 48.5 Å². The molecule has 0 aliphatic carbocycles. The van der Waals surface area contributed by atoms with E-state index in [1.165, 1.54) is 6.07 Å². The number of amides is 3. The molecule has 0 atom stereocenters. The first kappa shape index (κ1) is 18.2. The van der Waals surface area contributed by atoms with Crippen LogP contribution < -0.4 is 25.6 Å². The van der Waals surface area contributed by atoms with Gasteiger partial charge in [0.2, 0.25) is 18.6 Å². The van der Waals surface area contributed by atoms with Crippen LogP contribution in [0.25, 0.3) is 0 Å². The fourth-order valence-corrected chi connectivity index (χ4v) is 2.46. The number of hydrogen-bond donors (Lipinski definition) is 3. The third-order valence-corrected chi connectivity index (χ3v) is 3.83.